The first-order chi connectivity index (χ1) is 14.8. The molecular formula is C24H28FN3O3. The Balaban J connectivity index is 1.44. The zero-order chi connectivity index (χ0) is 22.0. The molecule has 1 N–H and O–H groups in total. The highest BCUT2D eigenvalue weighted by Crippen LogP contribution is 2.46. The summed E-state index contributed by atoms with van der Waals surface area (Å²) in [7, 11) is 3.56. The van der Waals surface area contributed by atoms with Crippen LogP contribution in [-0.2, 0) is 4.79 Å². The standard InChI is InChI=1S/C24H28FN3O3/c1-27(2)22(29)15-17-16-24(31-21-6-4-3-5-20(17)21)11-13-28(14-12-24)23(30)26-19-9-7-18(25)8-10-19/h3-10,17H,11-16H2,1-2H3,(H,26,30)/t17-/m1/s1. The average molecular weight is 426 g/mol. The van der Waals surface area contributed by atoms with E-state index in [4.69, 9.17) is 4.74 Å². The normalized spacial score (nSPS) is 19.3. The SMILES string of the molecule is CN(C)C(=O)C[C@@H]1CC2(CCN(C(=O)Nc3ccc(F)cc3)CC2)Oc2ccccc21. The lowest BCUT2D eigenvalue weighted by Crippen LogP contribution is -2.52. The van der Waals surface area contributed by atoms with Crippen LogP contribution in [0.1, 0.15) is 37.2 Å². The van der Waals surface area contributed by atoms with Crippen molar-refractivity contribution in [3.63, 3.8) is 0 Å². The van der Waals surface area contributed by atoms with E-state index in [1.54, 1.807) is 36.0 Å². The van der Waals surface area contributed by atoms with Gasteiger partial charge >= 0.3 is 6.03 Å². The van der Waals surface area contributed by atoms with Crippen LogP contribution in [0.25, 0.3) is 0 Å². The smallest absolute Gasteiger partial charge is 0.321 e. The average Bonchev–Trinajstić information content (AvgIpc) is 2.75. The summed E-state index contributed by atoms with van der Waals surface area (Å²) in [4.78, 5) is 28.5. The Kier molecular flexibility index (Phi) is 5.85. The van der Waals surface area contributed by atoms with Crippen LogP contribution in [0, 0.1) is 5.82 Å². The molecule has 0 bridgehead atoms. The third-order valence-electron chi connectivity index (χ3n) is 6.28. The molecule has 1 atom stereocenters. The monoisotopic (exact) mass is 425 g/mol. The van der Waals surface area contributed by atoms with Crippen LogP contribution in [0.3, 0.4) is 0 Å². The van der Waals surface area contributed by atoms with Crippen LogP contribution in [0.5, 0.6) is 5.75 Å². The predicted octanol–water partition coefficient (Wildman–Crippen LogP) is 4.24. The fourth-order valence-electron chi connectivity index (χ4n) is 4.48. The van der Waals surface area contributed by atoms with Crippen molar-refractivity contribution in [1.29, 1.82) is 0 Å². The molecule has 0 unspecified atom stereocenters. The van der Waals surface area contributed by atoms with Gasteiger partial charge in [-0.15, -0.1) is 0 Å². The van der Waals surface area contributed by atoms with E-state index in [1.807, 2.05) is 24.3 Å². The fourth-order valence-corrected chi connectivity index (χ4v) is 4.48. The quantitative estimate of drug-likeness (QED) is 0.800. The molecule has 0 radical (unpaired) electrons. The van der Waals surface area contributed by atoms with E-state index in [0.717, 1.165) is 17.7 Å². The highest BCUT2D eigenvalue weighted by Gasteiger charge is 2.44. The molecule has 164 valence electrons. The van der Waals surface area contributed by atoms with Crippen molar-refractivity contribution in [3.05, 3.63) is 59.9 Å². The number of carbonyl (C=O) groups excluding carboxylic acids is 2. The molecule has 1 spiro atoms. The second kappa shape index (κ2) is 8.57. The summed E-state index contributed by atoms with van der Waals surface area (Å²) in [6.07, 6.45) is 2.61. The summed E-state index contributed by atoms with van der Waals surface area (Å²) in [5.41, 5.74) is 1.27. The van der Waals surface area contributed by atoms with Crippen LogP contribution < -0.4 is 10.1 Å². The number of hydrogen-bond acceptors (Lipinski definition) is 3. The van der Waals surface area contributed by atoms with Crippen LogP contribution in [-0.4, -0.2) is 54.5 Å². The molecule has 31 heavy (non-hydrogen) atoms. The molecule has 2 aliphatic heterocycles. The molecule has 3 amide bonds. The molecule has 0 aliphatic carbocycles. The minimum Gasteiger partial charge on any atom is -0.487 e. The number of benzene rings is 2. The van der Waals surface area contributed by atoms with Crippen molar-refractivity contribution in [1.82, 2.24) is 9.80 Å². The lowest BCUT2D eigenvalue weighted by atomic mass is 9.76. The Morgan fingerprint density at radius 1 is 1.13 bits per heavy atom. The van der Waals surface area contributed by atoms with Gasteiger partial charge in [-0.25, -0.2) is 9.18 Å². The maximum absolute atomic E-state index is 13.1. The summed E-state index contributed by atoms with van der Waals surface area (Å²) < 4.78 is 19.5. The van der Waals surface area contributed by atoms with Crippen molar-refractivity contribution in [3.8, 4) is 5.75 Å². The summed E-state index contributed by atoms with van der Waals surface area (Å²) in [6, 6.07) is 13.5. The number of rotatable bonds is 3. The Bertz CT molecular complexity index is 953. The van der Waals surface area contributed by atoms with Gasteiger partial charge in [0.25, 0.3) is 0 Å². The van der Waals surface area contributed by atoms with E-state index in [0.29, 0.717) is 38.0 Å². The Hall–Kier alpha value is -3.09. The summed E-state index contributed by atoms with van der Waals surface area (Å²) in [5.74, 6) is 0.705. The fraction of sp³-hybridized carbons (Fsp3) is 0.417. The molecule has 1 fully saturated rings. The molecule has 6 nitrogen and oxygen atoms in total. The minimum atomic E-state index is -0.377. The third kappa shape index (κ3) is 4.65. The van der Waals surface area contributed by atoms with Crippen LogP contribution >= 0.6 is 0 Å². The van der Waals surface area contributed by atoms with Crippen molar-refractivity contribution < 1.29 is 18.7 Å². The number of urea groups is 1. The number of ether oxygens (including phenoxy) is 1. The van der Waals surface area contributed by atoms with Crippen LogP contribution in [0.2, 0.25) is 0 Å². The zero-order valence-electron chi connectivity index (χ0n) is 17.9. The van der Waals surface area contributed by atoms with Crippen molar-refractivity contribution in [2.24, 2.45) is 0 Å². The number of nitrogens with zero attached hydrogens (tertiary/aromatic N) is 2. The van der Waals surface area contributed by atoms with Gasteiger partial charge in [0.15, 0.2) is 0 Å². The van der Waals surface area contributed by atoms with Gasteiger partial charge in [-0.1, -0.05) is 18.2 Å². The molecule has 1 saturated heterocycles. The largest absolute Gasteiger partial charge is 0.487 e. The van der Waals surface area contributed by atoms with Gasteiger partial charge in [0, 0.05) is 58.1 Å². The first kappa shape index (κ1) is 21.2. The Labute approximate surface area is 182 Å². The number of anilines is 1. The summed E-state index contributed by atoms with van der Waals surface area (Å²) >= 11 is 0. The molecule has 2 aromatic rings. The third-order valence-corrected chi connectivity index (χ3v) is 6.28. The second-order valence-corrected chi connectivity index (χ2v) is 8.64. The minimum absolute atomic E-state index is 0.0967. The molecular weight excluding hydrogens is 397 g/mol. The number of fused-ring (bicyclic) bond motifs is 1. The first-order valence-electron chi connectivity index (χ1n) is 10.6. The number of piperidine rings is 1. The zero-order valence-corrected chi connectivity index (χ0v) is 17.9. The van der Waals surface area contributed by atoms with E-state index in [-0.39, 0.29) is 29.3 Å². The van der Waals surface area contributed by atoms with Crippen LogP contribution in [0.4, 0.5) is 14.9 Å². The first-order valence-corrected chi connectivity index (χ1v) is 10.6. The van der Waals surface area contributed by atoms with Gasteiger partial charge < -0.3 is 19.9 Å². The molecule has 2 heterocycles. The topological polar surface area (TPSA) is 61.9 Å². The highest BCUT2D eigenvalue weighted by molar-refractivity contribution is 5.89. The molecule has 0 aromatic heterocycles. The number of hydrogen-bond donors (Lipinski definition) is 1. The predicted molar refractivity (Wildman–Crippen MR) is 117 cm³/mol. The molecule has 2 aromatic carbocycles. The molecule has 4 rings (SSSR count). The summed E-state index contributed by atoms with van der Waals surface area (Å²) in [5, 5.41) is 2.82. The van der Waals surface area contributed by atoms with E-state index < -0.39 is 0 Å². The number of amides is 3. The molecule has 0 saturated carbocycles. The lowest BCUT2D eigenvalue weighted by molar-refractivity contribution is -0.129. The van der Waals surface area contributed by atoms with Gasteiger partial charge in [0.1, 0.15) is 17.2 Å². The number of nitrogens with one attached hydrogen (secondary N) is 1. The maximum atomic E-state index is 13.1. The number of likely N-dealkylation sites (tertiary alicyclic amines) is 1. The number of halogens is 1. The van der Waals surface area contributed by atoms with Crippen molar-refractivity contribution >= 4 is 17.6 Å². The Morgan fingerprint density at radius 3 is 2.48 bits per heavy atom. The van der Waals surface area contributed by atoms with E-state index in [1.165, 1.54) is 12.1 Å². The highest BCUT2D eigenvalue weighted by atomic mass is 19.1. The molecule has 7 heteroatoms. The molecule has 2 aliphatic rings. The maximum Gasteiger partial charge on any atom is 0.321 e. The van der Waals surface area contributed by atoms with E-state index in [2.05, 4.69) is 5.32 Å². The van der Waals surface area contributed by atoms with Gasteiger partial charge in [-0.2, -0.15) is 0 Å². The van der Waals surface area contributed by atoms with Gasteiger partial charge in [0.2, 0.25) is 5.91 Å². The lowest BCUT2D eigenvalue weighted by Gasteiger charge is -2.47. The van der Waals surface area contributed by atoms with E-state index in [9.17, 15) is 14.0 Å². The van der Waals surface area contributed by atoms with E-state index >= 15 is 0 Å². The van der Waals surface area contributed by atoms with Gasteiger partial charge in [0.05, 0.1) is 0 Å². The van der Waals surface area contributed by atoms with Crippen molar-refractivity contribution in [2.75, 3.05) is 32.5 Å². The summed E-state index contributed by atoms with van der Waals surface area (Å²) in [6.45, 7) is 1.12. The Morgan fingerprint density at radius 2 is 1.81 bits per heavy atom. The second-order valence-electron chi connectivity index (χ2n) is 8.64. The van der Waals surface area contributed by atoms with Crippen LogP contribution in [0.15, 0.2) is 48.5 Å². The number of carbonyl (C=O) groups is 2. The van der Waals surface area contributed by atoms with Gasteiger partial charge in [-0.3, -0.25) is 4.79 Å². The van der Waals surface area contributed by atoms with Gasteiger partial charge in [-0.05, 0) is 42.3 Å². The van der Waals surface area contributed by atoms with Crippen molar-refractivity contribution in [2.45, 2.75) is 37.2 Å². The number of para-hydroxylation sites is 1.